The quantitative estimate of drug-likeness (QED) is 0.529. The van der Waals surface area contributed by atoms with Crippen LogP contribution in [0.5, 0.6) is 0 Å². The molecule has 0 bridgehead atoms. The highest BCUT2D eigenvalue weighted by Gasteiger charge is 2.41. The van der Waals surface area contributed by atoms with Crippen LogP contribution in [0.4, 0.5) is 11.4 Å². The third-order valence-corrected chi connectivity index (χ3v) is 3.44. The van der Waals surface area contributed by atoms with E-state index in [1.54, 1.807) is 12.1 Å². The van der Waals surface area contributed by atoms with Gasteiger partial charge in [-0.1, -0.05) is 18.2 Å². The number of aliphatic hydroxyl groups excluding tert-OH is 1. The maximum absolute atomic E-state index is 12.5. The molecule has 0 aliphatic carbocycles. The van der Waals surface area contributed by atoms with Crippen LogP contribution in [-0.2, 0) is 6.61 Å². The lowest BCUT2D eigenvalue weighted by molar-refractivity contribution is -0.385. The minimum atomic E-state index is -0.734. The van der Waals surface area contributed by atoms with Crippen LogP contribution in [0, 0.1) is 10.1 Å². The molecule has 0 saturated heterocycles. The molecule has 0 atom stereocenters. The molecule has 0 aromatic heterocycles. The van der Waals surface area contributed by atoms with Crippen molar-refractivity contribution in [3.8, 4) is 0 Å². The number of amides is 2. The molecule has 3 rings (SSSR count). The number of rotatable bonds is 3. The van der Waals surface area contributed by atoms with Crippen LogP contribution in [0.3, 0.4) is 0 Å². The summed E-state index contributed by atoms with van der Waals surface area (Å²) in [5, 5.41) is 20.2. The van der Waals surface area contributed by atoms with Crippen molar-refractivity contribution < 1.29 is 19.6 Å². The van der Waals surface area contributed by atoms with E-state index in [1.807, 2.05) is 0 Å². The van der Waals surface area contributed by atoms with E-state index in [1.165, 1.54) is 30.3 Å². The molecule has 0 radical (unpaired) electrons. The monoisotopic (exact) mass is 298 g/mol. The Morgan fingerprint density at radius 2 is 1.82 bits per heavy atom. The molecule has 1 aliphatic heterocycles. The van der Waals surface area contributed by atoms with Crippen molar-refractivity contribution >= 4 is 23.2 Å². The van der Waals surface area contributed by atoms with Gasteiger partial charge >= 0.3 is 0 Å². The summed E-state index contributed by atoms with van der Waals surface area (Å²) >= 11 is 0. The summed E-state index contributed by atoms with van der Waals surface area (Å²) in [6.07, 6.45) is 0. The number of carbonyl (C=O) groups excluding carboxylic acids is 2. The number of nitro groups is 1. The number of aliphatic hydroxyl groups is 1. The van der Waals surface area contributed by atoms with Gasteiger partial charge in [0.2, 0.25) is 0 Å². The molecule has 1 aliphatic rings. The summed E-state index contributed by atoms with van der Waals surface area (Å²) in [4.78, 5) is 36.1. The molecule has 0 spiro atoms. The van der Waals surface area contributed by atoms with Crippen LogP contribution in [0.2, 0.25) is 0 Å². The second-order valence-electron chi connectivity index (χ2n) is 4.73. The SMILES string of the molecule is O=C1c2cccc([N+](=O)[O-])c2C(=O)N1c1cccc(CO)c1. The van der Waals surface area contributed by atoms with Gasteiger partial charge in [0.25, 0.3) is 17.5 Å². The van der Waals surface area contributed by atoms with Gasteiger partial charge in [0.15, 0.2) is 0 Å². The fourth-order valence-electron chi connectivity index (χ4n) is 2.45. The van der Waals surface area contributed by atoms with Crippen LogP contribution >= 0.6 is 0 Å². The van der Waals surface area contributed by atoms with Crippen LogP contribution in [0.15, 0.2) is 42.5 Å². The summed E-state index contributed by atoms with van der Waals surface area (Å²) in [6, 6.07) is 10.2. The van der Waals surface area contributed by atoms with E-state index < -0.39 is 22.4 Å². The molecule has 110 valence electrons. The number of anilines is 1. The normalized spacial score (nSPS) is 13.4. The van der Waals surface area contributed by atoms with Gasteiger partial charge in [0.1, 0.15) is 5.56 Å². The third kappa shape index (κ3) is 1.95. The van der Waals surface area contributed by atoms with Crippen LogP contribution in [0.25, 0.3) is 0 Å². The van der Waals surface area contributed by atoms with Crippen molar-refractivity contribution in [3.63, 3.8) is 0 Å². The Morgan fingerprint density at radius 3 is 2.50 bits per heavy atom. The standard InChI is InChI=1S/C15H10N2O5/c18-8-9-3-1-4-10(7-9)16-14(19)11-5-2-6-12(17(21)22)13(11)15(16)20/h1-7,18H,8H2. The number of imide groups is 1. The molecule has 7 nitrogen and oxygen atoms in total. The summed E-state index contributed by atoms with van der Waals surface area (Å²) in [6.45, 7) is -0.239. The molecule has 0 fully saturated rings. The van der Waals surface area contributed by atoms with E-state index in [0.717, 1.165) is 4.90 Å². The van der Waals surface area contributed by atoms with Gasteiger partial charge in [-0.15, -0.1) is 0 Å². The number of hydrogen-bond acceptors (Lipinski definition) is 5. The average Bonchev–Trinajstić information content (AvgIpc) is 2.79. The molecule has 7 heteroatoms. The van der Waals surface area contributed by atoms with Crippen molar-refractivity contribution in [1.29, 1.82) is 0 Å². The minimum Gasteiger partial charge on any atom is -0.392 e. The van der Waals surface area contributed by atoms with Gasteiger partial charge in [-0.05, 0) is 23.8 Å². The fraction of sp³-hybridized carbons (Fsp3) is 0.0667. The lowest BCUT2D eigenvalue weighted by Gasteiger charge is -2.14. The first-order chi connectivity index (χ1) is 10.5. The Morgan fingerprint density at radius 1 is 1.09 bits per heavy atom. The molecular weight excluding hydrogens is 288 g/mol. The maximum Gasteiger partial charge on any atom is 0.283 e. The lowest BCUT2D eigenvalue weighted by Crippen LogP contribution is -2.29. The molecule has 2 amide bonds. The summed E-state index contributed by atoms with van der Waals surface area (Å²) in [7, 11) is 0. The first kappa shape index (κ1) is 13.9. The van der Waals surface area contributed by atoms with Gasteiger partial charge in [-0.2, -0.15) is 0 Å². The fourth-order valence-corrected chi connectivity index (χ4v) is 2.45. The first-order valence-corrected chi connectivity index (χ1v) is 6.40. The molecule has 2 aromatic carbocycles. The van der Waals surface area contributed by atoms with Crippen LogP contribution < -0.4 is 4.90 Å². The third-order valence-electron chi connectivity index (χ3n) is 3.44. The number of nitrogens with zero attached hydrogens (tertiary/aromatic N) is 2. The highest BCUT2D eigenvalue weighted by atomic mass is 16.6. The second kappa shape index (κ2) is 5.05. The van der Waals surface area contributed by atoms with Gasteiger partial charge < -0.3 is 5.11 Å². The smallest absolute Gasteiger partial charge is 0.283 e. The Balaban J connectivity index is 2.14. The molecule has 2 aromatic rings. The molecule has 0 unspecified atom stereocenters. The van der Waals surface area contributed by atoms with Crippen LogP contribution in [-0.4, -0.2) is 21.8 Å². The molecule has 1 heterocycles. The highest BCUT2D eigenvalue weighted by Crippen LogP contribution is 2.33. The van der Waals surface area contributed by atoms with Crippen molar-refractivity contribution in [2.45, 2.75) is 6.61 Å². The van der Waals surface area contributed by atoms with Crippen molar-refractivity contribution in [1.82, 2.24) is 0 Å². The zero-order valence-electron chi connectivity index (χ0n) is 11.2. The van der Waals surface area contributed by atoms with E-state index in [4.69, 9.17) is 5.11 Å². The lowest BCUT2D eigenvalue weighted by atomic mass is 10.1. The molecular formula is C15H10N2O5. The first-order valence-electron chi connectivity index (χ1n) is 6.40. The van der Waals surface area contributed by atoms with E-state index in [9.17, 15) is 19.7 Å². The Labute approximate surface area is 124 Å². The maximum atomic E-state index is 12.5. The Hall–Kier alpha value is -3.06. The number of benzene rings is 2. The number of nitro benzene ring substituents is 1. The van der Waals surface area contributed by atoms with E-state index in [0.29, 0.717) is 5.56 Å². The summed E-state index contributed by atoms with van der Waals surface area (Å²) in [5.74, 6) is -1.35. The zero-order valence-corrected chi connectivity index (χ0v) is 11.2. The summed E-state index contributed by atoms with van der Waals surface area (Å²) < 4.78 is 0. The van der Waals surface area contributed by atoms with E-state index in [-0.39, 0.29) is 23.4 Å². The molecule has 1 N–H and O–H groups in total. The topological polar surface area (TPSA) is 101 Å². The van der Waals surface area contributed by atoms with Gasteiger partial charge in [0, 0.05) is 6.07 Å². The van der Waals surface area contributed by atoms with Crippen molar-refractivity contribution in [3.05, 3.63) is 69.3 Å². The second-order valence-corrected chi connectivity index (χ2v) is 4.73. The number of carbonyl (C=O) groups is 2. The van der Waals surface area contributed by atoms with Crippen molar-refractivity contribution in [2.75, 3.05) is 4.90 Å². The van der Waals surface area contributed by atoms with Crippen molar-refractivity contribution in [2.24, 2.45) is 0 Å². The number of hydrogen-bond donors (Lipinski definition) is 1. The van der Waals surface area contributed by atoms with Gasteiger partial charge in [-0.3, -0.25) is 19.7 Å². The average molecular weight is 298 g/mol. The Kier molecular flexibility index (Phi) is 3.19. The Bertz CT molecular complexity index is 815. The van der Waals surface area contributed by atoms with Crippen LogP contribution in [0.1, 0.15) is 26.3 Å². The predicted octanol–water partition coefficient (Wildman–Crippen LogP) is 1.89. The number of fused-ring (bicyclic) bond motifs is 1. The molecule has 0 saturated carbocycles. The largest absolute Gasteiger partial charge is 0.392 e. The molecule has 22 heavy (non-hydrogen) atoms. The highest BCUT2D eigenvalue weighted by molar-refractivity contribution is 6.35. The minimum absolute atomic E-state index is 0.00796. The zero-order chi connectivity index (χ0) is 15.9. The predicted molar refractivity (Wildman–Crippen MR) is 76.6 cm³/mol. The van der Waals surface area contributed by atoms with Gasteiger partial charge in [0.05, 0.1) is 22.8 Å². The van der Waals surface area contributed by atoms with E-state index in [2.05, 4.69) is 0 Å². The van der Waals surface area contributed by atoms with E-state index >= 15 is 0 Å². The summed E-state index contributed by atoms with van der Waals surface area (Å²) in [5.41, 5.74) is 0.216. The van der Waals surface area contributed by atoms with Gasteiger partial charge in [-0.25, -0.2) is 4.90 Å².